The molecular formula is C23H21N5O2. The van der Waals surface area contributed by atoms with Crippen LogP contribution in [0.3, 0.4) is 0 Å². The summed E-state index contributed by atoms with van der Waals surface area (Å²) in [5, 5.41) is 4.25. The van der Waals surface area contributed by atoms with E-state index in [0.717, 1.165) is 48.1 Å². The monoisotopic (exact) mass is 399 g/mol. The van der Waals surface area contributed by atoms with Crippen molar-refractivity contribution in [1.82, 2.24) is 25.3 Å². The SMILES string of the molecule is O=C(Cc1cc2nc(-c3cccnc3)ccc2cn1)c1coc(C2CCNCC2)n1. The Morgan fingerprint density at radius 1 is 1.13 bits per heavy atom. The Labute approximate surface area is 173 Å². The van der Waals surface area contributed by atoms with E-state index in [0.29, 0.717) is 17.3 Å². The summed E-state index contributed by atoms with van der Waals surface area (Å²) in [6, 6.07) is 9.64. The highest BCUT2D eigenvalue weighted by atomic mass is 16.3. The predicted molar refractivity (Wildman–Crippen MR) is 112 cm³/mol. The summed E-state index contributed by atoms with van der Waals surface area (Å²) in [5.41, 5.74) is 3.60. The molecule has 5 rings (SSSR count). The van der Waals surface area contributed by atoms with Crippen molar-refractivity contribution in [2.24, 2.45) is 0 Å². The number of piperidine rings is 1. The first-order valence-electron chi connectivity index (χ1n) is 10.1. The minimum atomic E-state index is -0.103. The van der Waals surface area contributed by atoms with Crippen LogP contribution in [-0.2, 0) is 6.42 Å². The lowest BCUT2D eigenvalue weighted by Gasteiger charge is -2.19. The number of aromatic nitrogens is 4. The average Bonchev–Trinajstić information content (AvgIpc) is 3.30. The van der Waals surface area contributed by atoms with Gasteiger partial charge in [0.15, 0.2) is 11.7 Å². The van der Waals surface area contributed by atoms with Gasteiger partial charge in [-0.05, 0) is 56.3 Å². The first-order valence-corrected chi connectivity index (χ1v) is 10.1. The second kappa shape index (κ2) is 8.12. The Hall–Kier alpha value is -3.45. The molecule has 5 heterocycles. The van der Waals surface area contributed by atoms with E-state index in [1.165, 1.54) is 6.26 Å². The maximum atomic E-state index is 12.7. The van der Waals surface area contributed by atoms with E-state index in [1.807, 2.05) is 30.3 Å². The minimum Gasteiger partial charge on any atom is -0.448 e. The number of hydrogen-bond acceptors (Lipinski definition) is 7. The Morgan fingerprint density at radius 3 is 2.87 bits per heavy atom. The highest BCUT2D eigenvalue weighted by Gasteiger charge is 2.22. The van der Waals surface area contributed by atoms with Crippen molar-refractivity contribution < 1.29 is 9.21 Å². The number of oxazole rings is 1. The van der Waals surface area contributed by atoms with Gasteiger partial charge in [0.25, 0.3) is 0 Å². The van der Waals surface area contributed by atoms with Crippen LogP contribution in [0.5, 0.6) is 0 Å². The van der Waals surface area contributed by atoms with Gasteiger partial charge < -0.3 is 9.73 Å². The van der Waals surface area contributed by atoms with Gasteiger partial charge in [-0.15, -0.1) is 0 Å². The molecule has 0 radical (unpaired) electrons. The first kappa shape index (κ1) is 18.6. The Balaban J connectivity index is 1.36. The lowest BCUT2D eigenvalue weighted by Crippen LogP contribution is -2.26. The molecule has 1 fully saturated rings. The third kappa shape index (κ3) is 3.84. The molecule has 1 saturated heterocycles. The minimum absolute atomic E-state index is 0.103. The van der Waals surface area contributed by atoms with Gasteiger partial charge in [-0.1, -0.05) is 0 Å². The van der Waals surface area contributed by atoms with Crippen LogP contribution < -0.4 is 5.32 Å². The van der Waals surface area contributed by atoms with Crippen molar-refractivity contribution in [3.05, 3.63) is 72.5 Å². The standard InChI is InChI=1S/C23H21N5O2/c29-22(21-14-30-23(28-21)15-5-8-24-9-6-15)11-18-10-20-17(13-26-18)3-4-19(27-20)16-2-1-7-25-12-16/h1-4,7,10,12-15,24H,5-6,8-9,11H2. The second-order valence-corrected chi connectivity index (χ2v) is 7.50. The highest BCUT2D eigenvalue weighted by molar-refractivity contribution is 5.95. The number of carbonyl (C=O) groups excluding carboxylic acids is 1. The van der Waals surface area contributed by atoms with E-state index >= 15 is 0 Å². The zero-order valence-corrected chi connectivity index (χ0v) is 16.4. The van der Waals surface area contributed by atoms with Gasteiger partial charge in [-0.25, -0.2) is 9.97 Å². The van der Waals surface area contributed by atoms with Gasteiger partial charge in [0.2, 0.25) is 0 Å². The fourth-order valence-electron chi connectivity index (χ4n) is 3.76. The average molecular weight is 399 g/mol. The first-order chi connectivity index (χ1) is 14.8. The lowest BCUT2D eigenvalue weighted by molar-refractivity contribution is 0.0987. The van der Waals surface area contributed by atoms with Crippen molar-refractivity contribution >= 4 is 16.7 Å². The summed E-state index contributed by atoms with van der Waals surface area (Å²) in [4.78, 5) is 30.5. The number of pyridine rings is 3. The summed E-state index contributed by atoms with van der Waals surface area (Å²) in [6.07, 6.45) is 8.85. The van der Waals surface area contributed by atoms with E-state index in [2.05, 4.69) is 20.3 Å². The Kier molecular flexibility index (Phi) is 5.03. The molecule has 7 nitrogen and oxygen atoms in total. The van der Waals surface area contributed by atoms with Gasteiger partial charge in [0.05, 0.1) is 23.3 Å². The van der Waals surface area contributed by atoms with Gasteiger partial charge in [0, 0.05) is 35.5 Å². The molecule has 0 aromatic carbocycles. The number of Topliss-reactive ketones (excluding diaryl/α,β-unsaturated/α-hetero) is 1. The van der Waals surface area contributed by atoms with Crippen LogP contribution in [0, 0.1) is 0 Å². The number of nitrogens with zero attached hydrogens (tertiary/aromatic N) is 4. The normalized spacial score (nSPS) is 14.8. The van der Waals surface area contributed by atoms with Crippen LogP contribution in [0.1, 0.15) is 40.8 Å². The number of nitrogens with one attached hydrogen (secondary N) is 1. The van der Waals surface area contributed by atoms with Crippen molar-refractivity contribution in [2.45, 2.75) is 25.2 Å². The van der Waals surface area contributed by atoms with E-state index in [-0.39, 0.29) is 18.1 Å². The predicted octanol–water partition coefficient (Wildman–Crippen LogP) is 3.57. The summed E-state index contributed by atoms with van der Waals surface area (Å²) in [7, 11) is 0. The van der Waals surface area contributed by atoms with E-state index in [9.17, 15) is 4.79 Å². The fourth-order valence-corrected chi connectivity index (χ4v) is 3.76. The zero-order chi connectivity index (χ0) is 20.3. The van der Waals surface area contributed by atoms with Gasteiger partial charge in [0.1, 0.15) is 12.0 Å². The lowest BCUT2D eigenvalue weighted by atomic mass is 9.98. The van der Waals surface area contributed by atoms with Crippen LogP contribution in [0.15, 0.2) is 59.6 Å². The highest BCUT2D eigenvalue weighted by Crippen LogP contribution is 2.25. The van der Waals surface area contributed by atoms with Crippen molar-refractivity contribution in [3.8, 4) is 11.3 Å². The molecule has 150 valence electrons. The van der Waals surface area contributed by atoms with Crippen LogP contribution in [0.25, 0.3) is 22.2 Å². The molecule has 0 aliphatic carbocycles. The molecule has 7 heteroatoms. The molecule has 30 heavy (non-hydrogen) atoms. The van der Waals surface area contributed by atoms with Crippen LogP contribution in [0.2, 0.25) is 0 Å². The molecule has 1 aliphatic rings. The molecule has 4 aromatic heterocycles. The Bertz CT molecular complexity index is 1180. The number of ketones is 1. The van der Waals surface area contributed by atoms with Crippen LogP contribution >= 0.6 is 0 Å². The molecular weight excluding hydrogens is 378 g/mol. The van der Waals surface area contributed by atoms with Gasteiger partial charge >= 0.3 is 0 Å². The molecule has 0 spiro atoms. The topological polar surface area (TPSA) is 93.8 Å². The van der Waals surface area contributed by atoms with E-state index in [1.54, 1.807) is 18.6 Å². The third-order valence-electron chi connectivity index (χ3n) is 5.43. The fraction of sp³-hybridized carbons (Fsp3) is 0.261. The van der Waals surface area contributed by atoms with Crippen molar-refractivity contribution in [2.75, 3.05) is 13.1 Å². The van der Waals surface area contributed by atoms with Crippen LogP contribution in [-0.4, -0.2) is 38.8 Å². The third-order valence-corrected chi connectivity index (χ3v) is 5.43. The maximum Gasteiger partial charge on any atom is 0.197 e. The molecule has 0 bridgehead atoms. The number of rotatable bonds is 5. The van der Waals surface area contributed by atoms with E-state index < -0.39 is 0 Å². The van der Waals surface area contributed by atoms with Crippen molar-refractivity contribution in [3.63, 3.8) is 0 Å². The summed E-state index contributed by atoms with van der Waals surface area (Å²) in [5.74, 6) is 0.838. The summed E-state index contributed by atoms with van der Waals surface area (Å²) < 4.78 is 5.60. The maximum absolute atomic E-state index is 12.7. The molecule has 0 amide bonds. The van der Waals surface area contributed by atoms with E-state index in [4.69, 9.17) is 9.40 Å². The number of carbonyl (C=O) groups is 1. The second-order valence-electron chi connectivity index (χ2n) is 7.50. The number of fused-ring (bicyclic) bond motifs is 1. The summed E-state index contributed by atoms with van der Waals surface area (Å²) in [6.45, 7) is 1.90. The summed E-state index contributed by atoms with van der Waals surface area (Å²) >= 11 is 0. The molecule has 4 aromatic rings. The molecule has 0 unspecified atom stereocenters. The number of hydrogen-bond donors (Lipinski definition) is 1. The Morgan fingerprint density at radius 2 is 2.03 bits per heavy atom. The smallest absolute Gasteiger partial charge is 0.197 e. The van der Waals surface area contributed by atoms with Gasteiger partial charge in [-0.2, -0.15) is 0 Å². The molecule has 0 saturated carbocycles. The molecule has 1 aliphatic heterocycles. The molecule has 0 atom stereocenters. The largest absolute Gasteiger partial charge is 0.448 e. The zero-order valence-electron chi connectivity index (χ0n) is 16.4. The van der Waals surface area contributed by atoms with Gasteiger partial charge in [-0.3, -0.25) is 14.8 Å². The molecule has 1 N–H and O–H groups in total. The van der Waals surface area contributed by atoms with Crippen LogP contribution in [0.4, 0.5) is 0 Å². The van der Waals surface area contributed by atoms with Crippen molar-refractivity contribution in [1.29, 1.82) is 0 Å². The quantitative estimate of drug-likeness (QED) is 0.513.